The molecule has 0 spiro atoms. The van der Waals surface area contributed by atoms with E-state index in [0.717, 1.165) is 30.6 Å². The number of rotatable bonds is 15. The van der Waals surface area contributed by atoms with Gasteiger partial charge in [-0.25, -0.2) is 13.4 Å². The number of hydrogen-bond donors (Lipinski definition) is 0. The fourth-order valence-corrected chi connectivity index (χ4v) is 6.97. The summed E-state index contributed by atoms with van der Waals surface area (Å²) in [6, 6.07) is 9.90. The molecule has 0 fully saturated rings. The molecule has 0 atom stereocenters. The maximum absolute atomic E-state index is 13.8. The molecule has 0 unspecified atom stereocenters. The third-order valence-corrected chi connectivity index (χ3v) is 9.53. The van der Waals surface area contributed by atoms with Crippen molar-refractivity contribution in [1.29, 1.82) is 0 Å². The van der Waals surface area contributed by atoms with Gasteiger partial charge in [-0.1, -0.05) is 39.0 Å². The molecule has 222 valence electrons. The molecule has 0 aliphatic rings. The van der Waals surface area contributed by atoms with Crippen molar-refractivity contribution in [2.45, 2.75) is 45.4 Å². The smallest absolute Gasteiger partial charge is 0.260 e. The van der Waals surface area contributed by atoms with E-state index in [-0.39, 0.29) is 23.2 Å². The molecule has 9 nitrogen and oxygen atoms in total. The molecular weight excluding hydrogens is 572 g/mol. The average molecular weight is 613 g/mol. The highest BCUT2D eigenvalue weighted by Crippen LogP contribution is 2.37. The van der Waals surface area contributed by atoms with Crippen molar-refractivity contribution < 1.29 is 22.7 Å². The molecular formula is C28H41ClN4O5S2. The number of ether oxygens (including phenoxy) is 2. The van der Waals surface area contributed by atoms with Crippen molar-refractivity contribution >= 4 is 55.0 Å². The summed E-state index contributed by atoms with van der Waals surface area (Å²) in [7, 11) is -0.475. The molecule has 12 heteroatoms. The Hall–Kier alpha value is -2.44. The van der Waals surface area contributed by atoms with Crippen LogP contribution in [0.1, 0.15) is 50.9 Å². The van der Waals surface area contributed by atoms with Gasteiger partial charge in [0.25, 0.3) is 5.91 Å². The minimum absolute atomic E-state index is 0. The topological polar surface area (TPSA) is 92.3 Å². The molecule has 40 heavy (non-hydrogen) atoms. The fourth-order valence-electron chi connectivity index (χ4n) is 4.35. The van der Waals surface area contributed by atoms with Crippen molar-refractivity contribution in [2.75, 3.05) is 58.4 Å². The van der Waals surface area contributed by atoms with Crippen LogP contribution in [0.25, 0.3) is 10.2 Å². The summed E-state index contributed by atoms with van der Waals surface area (Å²) in [5, 5.41) is 0.561. The van der Waals surface area contributed by atoms with E-state index in [0.29, 0.717) is 53.9 Å². The van der Waals surface area contributed by atoms with Crippen molar-refractivity contribution in [3.63, 3.8) is 0 Å². The first kappa shape index (κ1) is 33.8. The number of hydrogen-bond acceptors (Lipinski definition) is 8. The van der Waals surface area contributed by atoms with Gasteiger partial charge in [0.2, 0.25) is 10.0 Å². The van der Waals surface area contributed by atoms with E-state index < -0.39 is 10.0 Å². The molecule has 1 amide bonds. The lowest BCUT2D eigenvalue weighted by atomic mass is 10.2. The van der Waals surface area contributed by atoms with Crippen LogP contribution in [-0.4, -0.2) is 82.0 Å². The first-order chi connectivity index (χ1) is 18.7. The Morgan fingerprint density at radius 1 is 0.875 bits per heavy atom. The Labute approximate surface area is 248 Å². The third kappa shape index (κ3) is 7.64. The maximum atomic E-state index is 13.8. The summed E-state index contributed by atoms with van der Waals surface area (Å²) < 4.78 is 39.6. The molecule has 3 rings (SSSR count). The van der Waals surface area contributed by atoms with Crippen molar-refractivity contribution in [3.05, 3.63) is 42.0 Å². The van der Waals surface area contributed by atoms with E-state index in [1.54, 1.807) is 37.3 Å². The molecule has 0 radical (unpaired) electrons. The summed E-state index contributed by atoms with van der Waals surface area (Å²) in [5.74, 6) is 0.932. The molecule has 1 heterocycles. The van der Waals surface area contributed by atoms with E-state index >= 15 is 0 Å². The van der Waals surface area contributed by atoms with Gasteiger partial charge in [-0.2, -0.15) is 4.31 Å². The Morgan fingerprint density at radius 2 is 1.45 bits per heavy atom. The number of likely N-dealkylation sites (N-methyl/N-ethyl adjacent to an activating group) is 1. The lowest BCUT2D eigenvalue weighted by molar-refractivity contribution is 0.0983. The Balaban J connectivity index is 0.00000560. The number of methoxy groups -OCH3 is 2. The summed E-state index contributed by atoms with van der Waals surface area (Å²) in [5.41, 5.74) is 1.11. The van der Waals surface area contributed by atoms with Crippen molar-refractivity contribution in [3.8, 4) is 11.5 Å². The molecule has 1 aromatic heterocycles. The Bertz CT molecular complexity index is 1300. The number of fused-ring (bicyclic) bond motifs is 1. The SMILES string of the molecule is CCCN(CCC)S(=O)(=O)c1ccc(C(=O)N(CCN(CC)CC)c2nc3cc(OC)c(OC)cc3s2)cc1.Cl. The lowest BCUT2D eigenvalue weighted by Gasteiger charge is -2.25. The van der Waals surface area contributed by atoms with Crippen molar-refractivity contribution in [1.82, 2.24) is 14.2 Å². The number of sulfonamides is 1. The third-order valence-electron chi connectivity index (χ3n) is 6.58. The predicted octanol–water partition coefficient (Wildman–Crippen LogP) is 5.53. The summed E-state index contributed by atoms with van der Waals surface area (Å²) in [4.78, 5) is 22.7. The normalized spacial score (nSPS) is 11.6. The van der Waals surface area contributed by atoms with Crippen LogP contribution in [0.4, 0.5) is 5.13 Å². The van der Waals surface area contributed by atoms with Gasteiger partial charge < -0.3 is 14.4 Å². The van der Waals surface area contributed by atoms with E-state index in [1.165, 1.54) is 27.8 Å². The number of carbonyl (C=O) groups excluding carboxylic acids is 1. The standard InChI is InChI=1S/C28H40N4O5S2.ClH/c1-7-15-31(16-8-2)39(34,35)22-13-11-21(12-14-22)27(33)32(18-17-30(9-3)10-4)28-29-23-19-24(36-5)25(37-6)20-26(23)38-28;/h11-14,19-20H,7-10,15-18H2,1-6H3;1H. The minimum Gasteiger partial charge on any atom is -0.493 e. The Kier molecular flexibility index (Phi) is 13.1. The van der Waals surface area contributed by atoms with Crippen LogP contribution in [-0.2, 0) is 10.0 Å². The number of aromatic nitrogens is 1. The summed E-state index contributed by atoms with van der Waals surface area (Å²) in [6.45, 7) is 11.9. The number of nitrogens with zero attached hydrogens (tertiary/aromatic N) is 4. The fraction of sp³-hybridized carbons (Fsp3) is 0.500. The molecule has 2 aromatic carbocycles. The maximum Gasteiger partial charge on any atom is 0.260 e. The van der Waals surface area contributed by atoms with E-state index in [2.05, 4.69) is 18.7 Å². The quantitative estimate of drug-likeness (QED) is 0.223. The van der Waals surface area contributed by atoms with Gasteiger partial charge in [-0.05, 0) is 50.2 Å². The first-order valence-electron chi connectivity index (χ1n) is 13.4. The van der Waals surface area contributed by atoms with Crippen LogP contribution in [0, 0.1) is 0 Å². The predicted molar refractivity (Wildman–Crippen MR) is 165 cm³/mol. The number of amides is 1. The van der Waals surface area contributed by atoms with Crippen LogP contribution < -0.4 is 14.4 Å². The largest absolute Gasteiger partial charge is 0.493 e. The zero-order chi connectivity index (χ0) is 28.6. The van der Waals surface area contributed by atoms with Crippen LogP contribution in [0.15, 0.2) is 41.3 Å². The second kappa shape index (κ2) is 15.5. The summed E-state index contributed by atoms with van der Waals surface area (Å²) in [6.07, 6.45) is 1.47. The first-order valence-corrected chi connectivity index (χ1v) is 15.7. The van der Waals surface area contributed by atoms with Gasteiger partial charge in [0, 0.05) is 43.9 Å². The Morgan fingerprint density at radius 3 is 1.98 bits per heavy atom. The van der Waals surface area contributed by atoms with Gasteiger partial charge in [0.1, 0.15) is 0 Å². The number of carbonyl (C=O) groups is 1. The molecule has 0 aliphatic carbocycles. The highest BCUT2D eigenvalue weighted by Gasteiger charge is 2.26. The number of thiazole rings is 1. The van der Waals surface area contributed by atoms with Crippen LogP contribution >= 0.6 is 23.7 Å². The van der Waals surface area contributed by atoms with Crippen molar-refractivity contribution in [2.24, 2.45) is 0 Å². The lowest BCUT2D eigenvalue weighted by Crippen LogP contribution is -2.39. The van der Waals surface area contributed by atoms with Gasteiger partial charge >= 0.3 is 0 Å². The number of benzene rings is 2. The molecule has 0 aliphatic heterocycles. The van der Waals surface area contributed by atoms with E-state index in [4.69, 9.17) is 14.5 Å². The highest BCUT2D eigenvalue weighted by atomic mass is 35.5. The zero-order valence-corrected chi connectivity index (χ0v) is 26.6. The van der Waals surface area contributed by atoms with Gasteiger partial charge in [0.15, 0.2) is 16.6 Å². The molecule has 0 bridgehead atoms. The van der Waals surface area contributed by atoms with E-state index in [1.807, 2.05) is 19.9 Å². The second-order valence-corrected chi connectivity index (χ2v) is 12.0. The second-order valence-electron chi connectivity index (χ2n) is 9.08. The summed E-state index contributed by atoms with van der Waals surface area (Å²) >= 11 is 1.40. The van der Waals surface area contributed by atoms with Gasteiger partial charge in [0.05, 0.1) is 29.3 Å². The molecule has 0 N–H and O–H groups in total. The number of halogens is 1. The zero-order valence-electron chi connectivity index (χ0n) is 24.2. The van der Waals surface area contributed by atoms with Crippen LogP contribution in [0.2, 0.25) is 0 Å². The van der Waals surface area contributed by atoms with Gasteiger partial charge in [-0.3, -0.25) is 9.69 Å². The van der Waals surface area contributed by atoms with E-state index in [9.17, 15) is 13.2 Å². The minimum atomic E-state index is -3.63. The molecule has 3 aromatic rings. The molecule has 0 saturated carbocycles. The highest BCUT2D eigenvalue weighted by molar-refractivity contribution is 7.89. The van der Waals surface area contributed by atoms with Crippen LogP contribution in [0.3, 0.4) is 0 Å². The number of anilines is 1. The van der Waals surface area contributed by atoms with Crippen LogP contribution in [0.5, 0.6) is 11.5 Å². The average Bonchev–Trinajstić information content (AvgIpc) is 3.36. The monoisotopic (exact) mass is 612 g/mol. The molecule has 0 saturated heterocycles. The van der Waals surface area contributed by atoms with Gasteiger partial charge in [-0.15, -0.1) is 12.4 Å².